The summed E-state index contributed by atoms with van der Waals surface area (Å²) in [5, 5.41) is 3.35. The lowest BCUT2D eigenvalue weighted by atomic mass is 9.94. The van der Waals surface area contributed by atoms with Crippen LogP contribution in [0.2, 0.25) is 0 Å². The Kier molecular flexibility index (Phi) is 4.55. The lowest BCUT2D eigenvalue weighted by Gasteiger charge is -2.36. The van der Waals surface area contributed by atoms with Crippen molar-refractivity contribution in [1.29, 1.82) is 0 Å². The zero-order valence-corrected chi connectivity index (χ0v) is 10.7. The number of piperidine rings is 1. The molecule has 15 heavy (non-hydrogen) atoms. The standard InChI is InChI=1S/C10H22N2O2S/c1-9-8-11-5-4-10(9)12(2)6-7-15(3,13)14/h9-11H,4-8H2,1-3H3. The third-order valence-corrected chi connectivity index (χ3v) is 4.05. The zero-order valence-electron chi connectivity index (χ0n) is 9.86. The molecule has 1 fully saturated rings. The van der Waals surface area contributed by atoms with Crippen molar-refractivity contribution in [2.24, 2.45) is 5.92 Å². The van der Waals surface area contributed by atoms with Crippen molar-refractivity contribution in [2.45, 2.75) is 19.4 Å². The van der Waals surface area contributed by atoms with Crippen LogP contribution in [0.5, 0.6) is 0 Å². The Morgan fingerprint density at radius 2 is 2.13 bits per heavy atom. The molecule has 4 nitrogen and oxygen atoms in total. The fourth-order valence-electron chi connectivity index (χ4n) is 2.13. The molecule has 0 radical (unpaired) electrons. The van der Waals surface area contributed by atoms with E-state index in [0.717, 1.165) is 19.5 Å². The number of rotatable bonds is 4. The quantitative estimate of drug-likeness (QED) is 0.741. The van der Waals surface area contributed by atoms with Gasteiger partial charge in [-0.25, -0.2) is 8.42 Å². The van der Waals surface area contributed by atoms with E-state index in [9.17, 15) is 8.42 Å². The van der Waals surface area contributed by atoms with E-state index < -0.39 is 9.84 Å². The van der Waals surface area contributed by atoms with E-state index in [1.54, 1.807) is 0 Å². The molecule has 2 atom stereocenters. The summed E-state index contributed by atoms with van der Waals surface area (Å²) in [6, 6.07) is 0.521. The molecule has 0 bridgehead atoms. The second-order valence-corrected chi connectivity index (χ2v) is 6.91. The number of hydrogen-bond donors (Lipinski definition) is 1. The highest BCUT2D eigenvalue weighted by Crippen LogP contribution is 2.16. The maximum Gasteiger partial charge on any atom is 0.148 e. The molecule has 0 saturated carbocycles. The Morgan fingerprint density at radius 1 is 1.47 bits per heavy atom. The van der Waals surface area contributed by atoms with Gasteiger partial charge in [0, 0.05) is 18.8 Å². The normalized spacial score (nSPS) is 28.3. The molecular weight excluding hydrogens is 212 g/mol. The van der Waals surface area contributed by atoms with Crippen LogP contribution in [-0.4, -0.2) is 58.1 Å². The fraction of sp³-hybridized carbons (Fsp3) is 1.00. The van der Waals surface area contributed by atoms with Gasteiger partial charge >= 0.3 is 0 Å². The van der Waals surface area contributed by atoms with E-state index in [-0.39, 0.29) is 5.75 Å². The van der Waals surface area contributed by atoms with Gasteiger partial charge in [0.25, 0.3) is 0 Å². The summed E-state index contributed by atoms with van der Waals surface area (Å²) in [6.45, 7) is 4.94. The van der Waals surface area contributed by atoms with E-state index in [4.69, 9.17) is 0 Å². The Labute approximate surface area is 93.0 Å². The molecule has 90 valence electrons. The van der Waals surface area contributed by atoms with Crippen LogP contribution in [0.4, 0.5) is 0 Å². The van der Waals surface area contributed by atoms with Crippen LogP contribution in [0.1, 0.15) is 13.3 Å². The van der Waals surface area contributed by atoms with Gasteiger partial charge in [-0.05, 0) is 32.5 Å². The van der Waals surface area contributed by atoms with Gasteiger partial charge in [0.05, 0.1) is 5.75 Å². The Bertz CT molecular complexity index is 290. The van der Waals surface area contributed by atoms with E-state index in [1.807, 2.05) is 7.05 Å². The summed E-state index contributed by atoms with van der Waals surface area (Å²) in [5.41, 5.74) is 0. The minimum absolute atomic E-state index is 0.264. The van der Waals surface area contributed by atoms with Gasteiger partial charge in [-0.2, -0.15) is 0 Å². The molecule has 0 spiro atoms. The van der Waals surface area contributed by atoms with Crippen molar-refractivity contribution in [1.82, 2.24) is 10.2 Å². The van der Waals surface area contributed by atoms with E-state index in [1.165, 1.54) is 6.26 Å². The molecule has 0 aromatic carbocycles. The van der Waals surface area contributed by atoms with E-state index in [2.05, 4.69) is 17.1 Å². The SMILES string of the molecule is CC1CNCCC1N(C)CCS(C)(=O)=O. The number of sulfone groups is 1. The maximum atomic E-state index is 11.1. The Morgan fingerprint density at radius 3 is 2.67 bits per heavy atom. The summed E-state index contributed by atoms with van der Waals surface area (Å²) < 4.78 is 22.1. The highest BCUT2D eigenvalue weighted by molar-refractivity contribution is 7.90. The first-order chi connectivity index (χ1) is 6.90. The first-order valence-corrected chi connectivity index (χ1v) is 7.55. The lowest BCUT2D eigenvalue weighted by Crippen LogP contribution is -2.48. The summed E-state index contributed by atoms with van der Waals surface area (Å²) in [6.07, 6.45) is 2.41. The van der Waals surface area contributed by atoms with E-state index in [0.29, 0.717) is 18.5 Å². The summed E-state index contributed by atoms with van der Waals surface area (Å²) in [4.78, 5) is 2.19. The minimum Gasteiger partial charge on any atom is -0.316 e. The molecule has 1 N–H and O–H groups in total. The van der Waals surface area contributed by atoms with Gasteiger partial charge in [0.1, 0.15) is 9.84 Å². The molecule has 0 aliphatic carbocycles. The Balaban J connectivity index is 2.41. The van der Waals surface area contributed by atoms with Crippen molar-refractivity contribution >= 4 is 9.84 Å². The molecule has 0 amide bonds. The van der Waals surface area contributed by atoms with Gasteiger partial charge < -0.3 is 10.2 Å². The molecule has 2 unspecified atom stereocenters. The predicted octanol–water partition coefficient (Wildman–Crippen LogP) is -0.0392. The topological polar surface area (TPSA) is 49.4 Å². The molecule has 0 aromatic heterocycles. The van der Waals surface area contributed by atoms with E-state index >= 15 is 0 Å². The van der Waals surface area contributed by atoms with Crippen LogP contribution in [0.3, 0.4) is 0 Å². The molecule has 0 aromatic rings. The maximum absolute atomic E-state index is 11.1. The third kappa shape index (κ3) is 4.49. The summed E-state index contributed by atoms with van der Waals surface area (Å²) in [7, 11) is -0.807. The summed E-state index contributed by atoms with van der Waals surface area (Å²) in [5.74, 6) is 0.864. The van der Waals surface area contributed by atoms with Crippen LogP contribution in [-0.2, 0) is 9.84 Å². The molecule has 1 rings (SSSR count). The van der Waals surface area contributed by atoms with Crippen molar-refractivity contribution in [3.05, 3.63) is 0 Å². The smallest absolute Gasteiger partial charge is 0.148 e. The largest absolute Gasteiger partial charge is 0.316 e. The fourth-order valence-corrected chi connectivity index (χ4v) is 2.75. The van der Waals surface area contributed by atoms with Gasteiger partial charge in [0.15, 0.2) is 0 Å². The molecule has 5 heteroatoms. The number of nitrogens with zero attached hydrogens (tertiary/aromatic N) is 1. The molecule has 1 aliphatic heterocycles. The van der Waals surface area contributed by atoms with Crippen molar-refractivity contribution in [3.63, 3.8) is 0 Å². The van der Waals surface area contributed by atoms with Crippen LogP contribution in [0.25, 0.3) is 0 Å². The van der Waals surface area contributed by atoms with Crippen molar-refractivity contribution in [2.75, 3.05) is 38.7 Å². The number of nitrogens with one attached hydrogen (secondary N) is 1. The monoisotopic (exact) mass is 234 g/mol. The first kappa shape index (κ1) is 12.9. The summed E-state index contributed by atoms with van der Waals surface area (Å²) >= 11 is 0. The predicted molar refractivity (Wildman–Crippen MR) is 62.8 cm³/mol. The van der Waals surface area contributed by atoms with Crippen LogP contribution in [0, 0.1) is 5.92 Å². The molecule has 1 heterocycles. The van der Waals surface area contributed by atoms with Gasteiger partial charge in [-0.3, -0.25) is 0 Å². The second kappa shape index (κ2) is 5.27. The Hall–Kier alpha value is -0.130. The average Bonchev–Trinajstić information content (AvgIpc) is 2.14. The van der Waals surface area contributed by atoms with Crippen LogP contribution < -0.4 is 5.32 Å². The first-order valence-electron chi connectivity index (χ1n) is 5.49. The van der Waals surface area contributed by atoms with Crippen LogP contribution in [0.15, 0.2) is 0 Å². The third-order valence-electron chi connectivity index (χ3n) is 3.12. The van der Waals surface area contributed by atoms with Crippen molar-refractivity contribution < 1.29 is 8.42 Å². The highest BCUT2D eigenvalue weighted by atomic mass is 32.2. The van der Waals surface area contributed by atoms with Crippen LogP contribution >= 0.6 is 0 Å². The minimum atomic E-state index is -2.83. The molecule has 1 saturated heterocycles. The molecular formula is C10H22N2O2S. The average molecular weight is 234 g/mol. The second-order valence-electron chi connectivity index (χ2n) is 4.65. The zero-order chi connectivity index (χ0) is 11.5. The van der Waals surface area contributed by atoms with Gasteiger partial charge in [-0.15, -0.1) is 0 Å². The molecule has 1 aliphatic rings. The van der Waals surface area contributed by atoms with Crippen molar-refractivity contribution in [3.8, 4) is 0 Å². The van der Waals surface area contributed by atoms with Gasteiger partial charge in [-0.1, -0.05) is 6.92 Å². The lowest BCUT2D eigenvalue weighted by molar-refractivity contribution is 0.156. The highest BCUT2D eigenvalue weighted by Gasteiger charge is 2.24. The van der Waals surface area contributed by atoms with Gasteiger partial charge in [0.2, 0.25) is 0 Å². The number of hydrogen-bond acceptors (Lipinski definition) is 4.